The summed E-state index contributed by atoms with van der Waals surface area (Å²) in [6, 6.07) is 6.03. The van der Waals surface area contributed by atoms with Gasteiger partial charge in [0.25, 0.3) is 5.91 Å². The number of aliphatic hydroxyl groups excluding tert-OH is 1. The highest BCUT2D eigenvalue weighted by atomic mass is 16.6. The Bertz CT molecular complexity index is 1060. The number of aliphatic hydroxyl groups is 1. The molecule has 9 nitrogen and oxygen atoms in total. The zero-order valence-electron chi connectivity index (χ0n) is 21.6. The van der Waals surface area contributed by atoms with Crippen LogP contribution in [-0.2, 0) is 23.9 Å². The SMILES string of the molecule is C=CCCCOC(=O)[C@@H]1[C@H]2C(=O)N(CCO)C(C(=O)N(CC=C)c3ccc(OC)cc3)C23CC[C@@]1(C)O3. The number of carbonyl (C=O) groups excluding carboxylic acids is 3. The van der Waals surface area contributed by atoms with Gasteiger partial charge in [0, 0.05) is 18.8 Å². The Morgan fingerprint density at radius 3 is 2.59 bits per heavy atom. The number of allylic oxidation sites excluding steroid dienone is 1. The van der Waals surface area contributed by atoms with Crippen molar-refractivity contribution in [3.05, 3.63) is 49.6 Å². The minimum Gasteiger partial charge on any atom is -0.497 e. The second kappa shape index (κ2) is 10.7. The number of rotatable bonds is 12. The van der Waals surface area contributed by atoms with Gasteiger partial charge in [0.05, 0.1) is 31.8 Å². The Morgan fingerprint density at radius 2 is 1.97 bits per heavy atom. The summed E-state index contributed by atoms with van der Waals surface area (Å²) in [6.07, 6.45) is 5.68. The van der Waals surface area contributed by atoms with Crippen molar-refractivity contribution >= 4 is 23.5 Å². The molecule has 3 aliphatic heterocycles. The maximum Gasteiger partial charge on any atom is 0.312 e. The van der Waals surface area contributed by atoms with Crippen molar-refractivity contribution in [2.45, 2.75) is 49.9 Å². The van der Waals surface area contributed by atoms with Gasteiger partial charge in [0.2, 0.25) is 5.91 Å². The smallest absolute Gasteiger partial charge is 0.312 e. The number of esters is 1. The van der Waals surface area contributed by atoms with Crippen LogP contribution in [-0.4, -0.2) is 78.4 Å². The van der Waals surface area contributed by atoms with Crippen LogP contribution in [0.1, 0.15) is 32.6 Å². The third kappa shape index (κ3) is 4.44. The predicted octanol–water partition coefficient (Wildman–Crippen LogP) is 2.48. The van der Waals surface area contributed by atoms with Gasteiger partial charge in [-0.3, -0.25) is 14.4 Å². The molecule has 4 rings (SSSR count). The highest BCUT2D eigenvalue weighted by Crippen LogP contribution is 2.63. The first-order valence-electron chi connectivity index (χ1n) is 12.7. The van der Waals surface area contributed by atoms with E-state index in [-0.39, 0.29) is 38.1 Å². The molecule has 1 spiro atoms. The number of hydrogen-bond donors (Lipinski definition) is 1. The number of methoxy groups -OCH3 is 1. The lowest BCUT2D eigenvalue weighted by molar-refractivity contribution is -0.159. The molecule has 1 aromatic carbocycles. The molecule has 3 fully saturated rings. The molecule has 3 heterocycles. The third-order valence-electron chi connectivity index (χ3n) is 7.86. The van der Waals surface area contributed by atoms with E-state index < -0.39 is 35.0 Å². The number of unbranched alkanes of at least 4 members (excludes halogenated alkanes) is 1. The minimum absolute atomic E-state index is 0.0425. The summed E-state index contributed by atoms with van der Waals surface area (Å²) >= 11 is 0. The van der Waals surface area contributed by atoms with E-state index in [9.17, 15) is 19.5 Å². The normalized spacial score (nSPS) is 29.6. The summed E-state index contributed by atoms with van der Waals surface area (Å²) in [5, 5.41) is 9.79. The Hall–Kier alpha value is -3.17. The number of carbonyl (C=O) groups is 3. The van der Waals surface area contributed by atoms with E-state index in [1.165, 1.54) is 4.90 Å². The molecule has 0 aromatic heterocycles. The average Bonchev–Trinajstić information content (AvgIpc) is 3.46. The van der Waals surface area contributed by atoms with E-state index in [1.807, 2.05) is 6.92 Å². The minimum atomic E-state index is -1.19. The van der Waals surface area contributed by atoms with Crippen LogP contribution in [0, 0.1) is 11.8 Å². The van der Waals surface area contributed by atoms with Crippen LogP contribution in [0.15, 0.2) is 49.6 Å². The van der Waals surface area contributed by atoms with Gasteiger partial charge in [-0.1, -0.05) is 12.2 Å². The molecule has 9 heteroatoms. The van der Waals surface area contributed by atoms with Gasteiger partial charge in [-0.05, 0) is 56.9 Å². The van der Waals surface area contributed by atoms with Crippen LogP contribution in [0.25, 0.3) is 0 Å². The van der Waals surface area contributed by atoms with Crippen molar-refractivity contribution in [2.24, 2.45) is 11.8 Å². The van der Waals surface area contributed by atoms with E-state index in [2.05, 4.69) is 13.2 Å². The Kier molecular flexibility index (Phi) is 7.75. The fraction of sp³-hybridized carbons (Fsp3) is 0.536. The van der Waals surface area contributed by atoms with Crippen molar-refractivity contribution in [1.82, 2.24) is 4.90 Å². The first-order chi connectivity index (χ1) is 17.8. The second-order valence-corrected chi connectivity index (χ2v) is 10.0. The summed E-state index contributed by atoms with van der Waals surface area (Å²) in [6.45, 7) is 9.36. The largest absolute Gasteiger partial charge is 0.497 e. The monoisotopic (exact) mass is 512 g/mol. The summed E-state index contributed by atoms with van der Waals surface area (Å²) in [7, 11) is 1.56. The first kappa shape index (κ1) is 26.9. The van der Waals surface area contributed by atoms with E-state index in [0.717, 1.165) is 0 Å². The number of amides is 2. The molecule has 5 atom stereocenters. The lowest BCUT2D eigenvalue weighted by Gasteiger charge is -2.36. The molecule has 0 radical (unpaired) electrons. The third-order valence-corrected chi connectivity index (χ3v) is 7.86. The molecule has 2 amide bonds. The van der Waals surface area contributed by atoms with Crippen molar-refractivity contribution < 1.29 is 33.7 Å². The molecule has 0 aliphatic carbocycles. The maximum atomic E-state index is 14.2. The Morgan fingerprint density at radius 1 is 1.24 bits per heavy atom. The number of nitrogens with zero attached hydrogens (tertiary/aromatic N) is 2. The van der Waals surface area contributed by atoms with Crippen molar-refractivity contribution in [1.29, 1.82) is 0 Å². The number of ether oxygens (including phenoxy) is 3. The number of likely N-dealkylation sites (tertiary alicyclic amines) is 1. The Labute approximate surface area is 217 Å². The van der Waals surface area contributed by atoms with E-state index >= 15 is 0 Å². The lowest BCUT2D eigenvalue weighted by Crippen LogP contribution is -2.56. The summed E-state index contributed by atoms with van der Waals surface area (Å²) in [4.78, 5) is 44.3. The number of fused-ring (bicyclic) bond motifs is 1. The average molecular weight is 513 g/mol. The molecule has 200 valence electrons. The molecule has 37 heavy (non-hydrogen) atoms. The molecule has 1 aromatic rings. The highest BCUT2D eigenvalue weighted by molar-refractivity contribution is 6.04. The molecular weight excluding hydrogens is 476 g/mol. The fourth-order valence-corrected chi connectivity index (χ4v) is 6.26. The van der Waals surface area contributed by atoms with Crippen LogP contribution in [0.2, 0.25) is 0 Å². The molecule has 1 N–H and O–H groups in total. The van der Waals surface area contributed by atoms with Gasteiger partial charge in [-0.25, -0.2) is 0 Å². The summed E-state index contributed by atoms with van der Waals surface area (Å²) in [5.74, 6) is -2.24. The molecule has 2 bridgehead atoms. The van der Waals surface area contributed by atoms with Gasteiger partial charge in [-0.2, -0.15) is 0 Å². The van der Waals surface area contributed by atoms with E-state index in [0.29, 0.717) is 37.1 Å². The topological polar surface area (TPSA) is 106 Å². The zero-order chi connectivity index (χ0) is 26.8. The van der Waals surface area contributed by atoms with Gasteiger partial charge in [-0.15, -0.1) is 13.2 Å². The van der Waals surface area contributed by atoms with Crippen molar-refractivity contribution in [2.75, 3.05) is 38.3 Å². The molecular formula is C28H36N2O7. The van der Waals surface area contributed by atoms with Crippen LogP contribution in [0.4, 0.5) is 5.69 Å². The summed E-state index contributed by atoms with van der Waals surface area (Å²) < 4.78 is 17.4. The zero-order valence-corrected chi connectivity index (χ0v) is 21.6. The highest BCUT2D eigenvalue weighted by Gasteiger charge is 2.78. The summed E-state index contributed by atoms with van der Waals surface area (Å²) in [5.41, 5.74) is -1.49. The van der Waals surface area contributed by atoms with Crippen LogP contribution in [0.3, 0.4) is 0 Å². The first-order valence-corrected chi connectivity index (χ1v) is 12.7. The number of β-amino-alcohol motifs (C(OH)–C–C–N with tert-alkyl or cyclic N) is 1. The Balaban J connectivity index is 1.70. The van der Waals surface area contributed by atoms with Crippen LogP contribution >= 0.6 is 0 Å². The standard InChI is InChI=1S/C28H36N2O7/c1-5-7-8-18-36-26(34)22-21-24(32)30(16-17-31)23(28(21)14-13-27(22,3)37-28)25(33)29(15-6-2)19-9-11-20(35-4)12-10-19/h5-6,9-12,21-23,31H,1-2,7-8,13-18H2,3-4H3/t21-,22-,23?,27+,28?/m0/s1. The van der Waals surface area contributed by atoms with Crippen molar-refractivity contribution in [3.8, 4) is 5.75 Å². The van der Waals surface area contributed by atoms with Gasteiger partial charge in [0.15, 0.2) is 0 Å². The molecule has 0 saturated carbocycles. The van der Waals surface area contributed by atoms with Gasteiger partial charge < -0.3 is 29.1 Å². The van der Waals surface area contributed by atoms with Gasteiger partial charge >= 0.3 is 5.97 Å². The number of anilines is 1. The fourth-order valence-electron chi connectivity index (χ4n) is 6.26. The molecule has 3 aliphatic rings. The van der Waals surface area contributed by atoms with Crippen molar-refractivity contribution in [3.63, 3.8) is 0 Å². The predicted molar refractivity (Wildman–Crippen MR) is 137 cm³/mol. The quantitative estimate of drug-likeness (QED) is 0.261. The number of benzene rings is 1. The molecule has 3 saturated heterocycles. The lowest BCUT2D eigenvalue weighted by atomic mass is 9.66. The van der Waals surface area contributed by atoms with Crippen LogP contribution < -0.4 is 9.64 Å². The van der Waals surface area contributed by atoms with E-state index in [4.69, 9.17) is 14.2 Å². The van der Waals surface area contributed by atoms with E-state index in [1.54, 1.807) is 48.4 Å². The second-order valence-electron chi connectivity index (χ2n) is 10.0. The van der Waals surface area contributed by atoms with Gasteiger partial charge in [0.1, 0.15) is 23.3 Å². The number of hydrogen-bond acceptors (Lipinski definition) is 7. The molecule has 2 unspecified atom stereocenters. The maximum absolute atomic E-state index is 14.2. The van der Waals surface area contributed by atoms with Crippen LogP contribution in [0.5, 0.6) is 5.75 Å².